The molecule has 3 aliphatic carbocycles. The Morgan fingerprint density at radius 2 is 1.59 bits per heavy atom. The van der Waals surface area contributed by atoms with E-state index in [1.54, 1.807) is 30.3 Å². The predicted octanol–water partition coefficient (Wildman–Crippen LogP) is 1.95. The van der Waals surface area contributed by atoms with Crippen molar-refractivity contribution in [2.75, 3.05) is 0 Å². The van der Waals surface area contributed by atoms with E-state index in [-0.39, 0.29) is 28.7 Å². The monoisotopic (exact) mass is 292 g/mol. The van der Waals surface area contributed by atoms with Gasteiger partial charge in [0, 0.05) is 16.7 Å². The summed E-state index contributed by atoms with van der Waals surface area (Å²) in [4.78, 5) is 49.7. The number of benzene rings is 1. The van der Waals surface area contributed by atoms with Crippen LogP contribution in [0.3, 0.4) is 0 Å². The molecule has 0 N–H and O–H groups in total. The van der Waals surface area contributed by atoms with Crippen molar-refractivity contribution >= 4 is 23.1 Å². The highest BCUT2D eigenvalue weighted by atomic mass is 16.2. The van der Waals surface area contributed by atoms with Crippen molar-refractivity contribution < 1.29 is 19.2 Å². The van der Waals surface area contributed by atoms with E-state index in [9.17, 15) is 19.2 Å². The second-order valence-electron chi connectivity index (χ2n) is 5.90. The molecule has 0 bridgehead atoms. The van der Waals surface area contributed by atoms with Gasteiger partial charge in [-0.05, 0) is 24.5 Å². The van der Waals surface area contributed by atoms with Gasteiger partial charge in [0.25, 0.3) is 0 Å². The number of fused-ring (bicyclic) bond motifs is 4. The summed E-state index contributed by atoms with van der Waals surface area (Å²) in [6, 6.07) is 6.66. The van der Waals surface area contributed by atoms with Crippen LogP contribution >= 0.6 is 0 Å². The zero-order chi connectivity index (χ0) is 15.4. The molecule has 0 radical (unpaired) electrons. The van der Waals surface area contributed by atoms with Gasteiger partial charge in [-0.2, -0.15) is 0 Å². The van der Waals surface area contributed by atoms with Gasteiger partial charge in [-0.15, -0.1) is 0 Å². The summed E-state index contributed by atoms with van der Waals surface area (Å²) in [6.07, 6.45) is 4.78. The van der Waals surface area contributed by atoms with Crippen LogP contribution < -0.4 is 0 Å². The Bertz CT molecular complexity index is 812. The molecule has 3 unspecified atom stereocenters. The summed E-state index contributed by atoms with van der Waals surface area (Å²) in [6.45, 7) is 0. The van der Waals surface area contributed by atoms with Gasteiger partial charge >= 0.3 is 0 Å². The molecule has 0 fully saturated rings. The minimum absolute atomic E-state index is 0.160. The van der Waals surface area contributed by atoms with Gasteiger partial charge in [0.05, 0.1) is 11.8 Å². The van der Waals surface area contributed by atoms with E-state index in [0.29, 0.717) is 17.5 Å². The van der Waals surface area contributed by atoms with Crippen molar-refractivity contribution in [1.82, 2.24) is 0 Å². The van der Waals surface area contributed by atoms with E-state index in [1.807, 2.05) is 0 Å². The van der Waals surface area contributed by atoms with E-state index in [1.165, 1.54) is 12.2 Å². The van der Waals surface area contributed by atoms with E-state index in [0.717, 1.165) is 0 Å². The van der Waals surface area contributed by atoms with Crippen molar-refractivity contribution in [3.8, 4) is 0 Å². The van der Waals surface area contributed by atoms with E-state index < -0.39 is 17.8 Å². The van der Waals surface area contributed by atoms with Crippen LogP contribution in [0.4, 0.5) is 0 Å². The number of hydrogen-bond donors (Lipinski definition) is 0. The Hall–Kier alpha value is -2.62. The fourth-order valence-corrected chi connectivity index (χ4v) is 3.80. The Kier molecular flexibility index (Phi) is 2.64. The second-order valence-corrected chi connectivity index (χ2v) is 5.90. The molecule has 4 heteroatoms. The maximum atomic E-state index is 12.8. The smallest absolute Gasteiger partial charge is 0.190 e. The molecule has 0 spiro atoms. The average molecular weight is 292 g/mol. The number of carbonyl (C=O) groups is 4. The molecule has 0 saturated carbocycles. The number of carbonyl (C=O) groups excluding carboxylic acids is 4. The first-order chi connectivity index (χ1) is 10.6. The third-order valence-corrected chi connectivity index (χ3v) is 4.77. The van der Waals surface area contributed by atoms with E-state index in [4.69, 9.17) is 0 Å². The zero-order valence-electron chi connectivity index (χ0n) is 11.6. The fourth-order valence-electron chi connectivity index (χ4n) is 3.80. The minimum Gasteiger partial charge on any atom is -0.294 e. The van der Waals surface area contributed by atoms with Gasteiger partial charge in [0.1, 0.15) is 0 Å². The first-order valence-electron chi connectivity index (χ1n) is 7.23. The largest absolute Gasteiger partial charge is 0.294 e. The first-order valence-corrected chi connectivity index (χ1v) is 7.23. The van der Waals surface area contributed by atoms with Crippen molar-refractivity contribution in [3.05, 3.63) is 59.2 Å². The summed E-state index contributed by atoms with van der Waals surface area (Å²) in [5.74, 6) is -2.99. The molecule has 0 aliphatic heterocycles. The van der Waals surface area contributed by atoms with Gasteiger partial charge in [-0.1, -0.05) is 30.3 Å². The lowest BCUT2D eigenvalue weighted by atomic mass is 9.61. The minimum atomic E-state index is -0.819. The molecule has 22 heavy (non-hydrogen) atoms. The van der Waals surface area contributed by atoms with Gasteiger partial charge < -0.3 is 0 Å². The number of rotatable bonds is 0. The van der Waals surface area contributed by atoms with Crippen LogP contribution in [-0.4, -0.2) is 23.1 Å². The molecule has 4 nitrogen and oxygen atoms in total. The Morgan fingerprint density at radius 3 is 2.36 bits per heavy atom. The van der Waals surface area contributed by atoms with Crippen LogP contribution in [0.1, 0.15) is 27.1 Å². The number of ketones is 4. The molecule has 3 atom stereocenters. The molecule has 0 aromatic heterocycles. The molecule has 1 aromatic carbocycles. The lowest BCUT2D eigenvalue weighted by Gasteiger charge is -2.38. The first kappa shape index (κ1) is 13.1. The molecule has 1 aromatic rings. The van der Waals surface area contributed by atoms with Crippen LogP contribution in [-0.2, 0) is 9.59 Å². The summed E-state index contributed by atoms with van der Waals surface area (Å²) in [7, 11) is 0. The molecule has 4 rings (SSSR count). The Labute approximate surface area is 126 Å². The molecular weight excluding hydrogens is 280 g/mol. The average Bonchev–Trinajstić information content (AvgIpc) is 2.52. The van der Waals surface area contributed by atoms with Crippen LogP contribution in [0.2, 0.25) is 0 Å². The molecule has 0 amide bonds. The fraction of sp³-hybridized carbons (Fsp3) is 0.222. The molecule has 0 heterocycles. The summed E-state index contributed by atoms with van der Waals surface area (Å²) < 4.78 is 0. The Morgan fingerprint density at radius 1 is 0.864 bits per heavy atom. The highest BCUT2D eigenvalue weighted by Gasteiger charge is 2.50. The standard InChI is InChI=1S/C18H12O4/c19-13-7-3-6-11-15-12(8-14(20)16(11)13)17(21)9-4-1-2-5-10(9)18(15)22/h1-5,7-8,11,15-16H,6H2. The third kappa shape index (κ3) is 1.58. The van der Waals surface area contributed by atoms with Crippen molar-refractivity contribution in [2.45, 2.75) is 6.42 Å². The van der Waals surface area contributed by atoms with E-state index in [2.05, 4.69) is 0 Å². The topological polar surface area (TPSA) is 68.3 Å². The summed E-state index contributed by atoms with van der Waals surface area (Å²) in [5, 5.41) is 0. The maximum absolute atomic E-state index is 12.8. The van der Waals surface area contributed by atoms with Crippen molar-refractivity contribution in [2.24, 2.45) is 17.8 Å². The quantitative estimate of drug-likeness (QED) is 0.685. The van der Waals surface area contributed by atoms with Crippen molar-refractivity contribution in [3.63, 3.8) is 0 Å². The predicted molar refractivity (Wildman–Crippen MR) is 77.4 cm³/mol. The second kappa shape index (κ2) is 4.44. The SMILES string of the molecule is O=C1C2=CC(=O)C3C(=O)C=CCC3C2C(=O)c2ccccc21. The normalized spacial score (nSPS) is 29.6. The zero-order valence-corrected chi connectivity index (χ0v) is 11.6. The van der Waals surface area contributed by atoms with Gasteiger partial charge in [-0.3, -0.25) is 19.2 Å². The Balaban J connectivity index is 1.93. The number of Topliss-reactive ketones (excluding diaryl/α,β-unsaturated/α-hetero) is 2. The van der Waals surface area contributed by atoms with E-state index >= 15 is 0 Å². The number of allylic oxidation sites excluding steroid dienone is 4. The molecule has 108 valence electrons. The highest BCUT2D eigenvalue weighted by Crippen LogP contribution is 2.44. The third-order valence-electron chi connectivity index (χ3n) is 4.77. The van der Waals surface area contributed by atoms with Gasteiger partial charge in [-0.25, -0.2) is 0 Å². The van der Waals surface area contributed by atoms with Crippen molar-refractivity contribution in [1.29, 1.82) is 0 Å². The molecule has 0 saturated heterocycles. The lowest BCUT2D eigenvalue weighted by molar-refractivity contribution is -0.131. The van der Waals surface area contributed by atoms with Crippen LogP contribution in [0.15, 0.2) is 48.1 Å². The van der Waals surface area contributed by atoms with Crippen LogP contribution in [0.25, 0.3) is 0 Å². The molecular formula is C18H12O4. The number of hydrogen-bond acceptors (Lipinski definition) is 4. The lowest BCUT2D eigenvalue weighted by Crippen LogP contribution is -2.46. The van der Waals surface area contributed by atoms with Crippen LogP contribution in [0, 0.1) is 17.8 Å². The van der Waals surface area contributed by atoms with Crippen LogP contribution in [0.5, 0.6) is 0 Å². The van der Waals surface area contributed by atoms with Gasteiger partial charge in [0.2, 0.25) is 0 Å². The highest BCUT2D eigenvalue weighted by molar-refractivity contribution is 6.27. The summed E-state index contributed by atoms with van der Waals surface area (Å²) in [5.41, 5.74) is 0.988. The maximum Gasteiger partial charge on any atom is 0.190 e. The summed E-state index contributed by atoms with van der Waals surface area (Å²) >= 11 is 0. The van der Waals surface area contributed by atoms with Gasteiger partial charge in [0.15, 0.2) is 23.1 Å². The molecule has 3 aliphatic rings.